The number of carbonyl (C=O) groups is 1. The second-order valence-electron chi connectivity index (χ2n) is 5.39. The smallest absolute Gasteiger partial charge is 0.258 e. The number of nitrogens with two attached hydrogens (primary N) is 1. The molecule has 1 rings (SSSR count). The van der Waals surface area contributed by atoms with Crippen molar-refractivity contribution in [2.75, 3.05) is 13.7 Å². The summed E-state index contributed by atoms with van der Waals surface area (Å²) in [6.07, 6.45) is -0.128. The number of ether oxygens (including phenoxy) is 2. The average molecular weight is 294 g/mol. The monoisotopic (exact) mass is 294 g/mol. The first-order valence-corrected chi connectivity index (χ1v) is 7.32. The summed E-state index contributed by atoms with van der Waals surface area (Å²) in [6.45, 7) is 7.72. The van der Waals surface area contributed by atoms with Crippen LogP contribution in [0.1, 0.15) is 32.8 Å². The molecule has 0 heterocycles. The van der Waals surface area contributed by atoms with Crippen LogP contribution < -0.4 is 20.5 Å². The summed E-state index contributed by atoms with van der Waals surface area (Å²) in [5.74, 6) is 1.29. The Labute approximate surface area is 126 Å². The minimum absolute atomic E-state index is 0.468. The Balaban J connectivity index is 2.94. The highest BCUT2D eigenvalue weighted by Gasteiger charge is 2.19. The Morgan fingerprint density at radius 3 is 2.62 bits per heavy atom. The fourth-order valence-electron chi connectivity index (χ4n) is 1.98. The number of hydrogen-bond acceptors (Lipinski definition) is 4. The zero-order chi connectivity index (χ0) is 15.8. The van der Waals surface area contributed by atoms with Crippen LogP contribution in [0.3, 0.4) is 0 Å². The molecule has 0 saturated heterocycles. The maximum Gasteiger partial charge on any atom is 0.258 e. The quantitative estimate of drug-likeness (QED) is 0.731. The van der Waals surface area contributed by atoms with Crippen molar-refractivity contribution in [3.05, 3.63) is 23.8 Å². The summed E-state index contributed by atoms with van der Waals surface area (Å²) in [5, 5.41) is 3.36. The molecule has 3 N–H and O–H groups in total. The van der Waals surface area contributed by atoms with E-state index in [1.807, 2.05) is 25.1 Å². The number of hydrogen-bond donors (Lipinski definition) is 2. The van der Waals surface area contributed by atoms with Crippen molar-refractivity contribution in [3.63, 3.8) is 0 Å². The van der Waals surface area contributed by atoms with Gasteiger partial charge in [-0.05, 0) is 24.9 Å². The molecule has 1 aromatic rings. The van der Waals surface area contributed by atoms with Crippen molar-refractivity contribution in [1.29, 1.82) is 0 Å². The lowest BCUT2D eigenvalue weighted by molar-refractivity contribution is -0.124. The molecule has 0 aliphatic rings. The van der Waals surface area contributed by atoms with Crippen molar-refractivity contribution in [2.24, 2.45) is 11.7 Å². The van der Waals surface area contributed by atoms with Gasteiger partial charge in [0.15, 0.2) is 17.6 Å². The summed E-state index contributed by atoms with van der Waals surface area (Å²) in [7, 11) is 1.58. The fourth-order valence-corrected chi connectivity index (χ4v) is 1.98. The van der Waals surface area contributed by atoms with Gasteiger partial charge in [-0.1, -0.05) is 32.9 Å². The van der Waals surface area contributed by atoms with Crippen molar-refractivity contribution in [2.45, 2.75) is 39.8 Å². The number of amides is 1. The number of benzene rings is 1. The summed E-state index contributed by atoms with van der Waals surface area (Å²) in [6, 6.07) is 5.68. The zero-order valence-corrected chi connectivity index (χ0v) is 13.3. The van der Waals surface area contributed by atoms with Gasteiger partial charge in [0.1, 0.15) is 0 Å². The Bertz CT molecular complexity index is 461. The van der Waals surface area contributed by atoms with Gasteiger partial charge in [0.05, 0.1) is 7.11 Å². The molecule has 0 aliphatic carbocycles. The van der Waals surface area contributed by atoms with Gasteiger partial charge in [-0.3, -0.25) is 4.79 Å². The first-order valence-electron chi connectivity index (χ1n) is 7.32. The van der Waals surface area contributed by atoms with Crippen LogP contribution in [0.2, 0.25) is 0 Å². The van der Waals surface area contributed by atoms with E-state index < -0.39 is 12.0 Å². The normalized spacial score (nSPS) is 12.2. The second kappa shape index (κ2) is 8.52. The van der Waals surface area contributed by atoms with Gasteiger partial charge in [0.25, 0.3) is 5.91 Å². The highest BCUT2D eigenvalue weighted by atomic mass is 16.5. The number of carbonyl (C=O) groups excluding carboxylic acids is 1. The Morgan fingerprint density at radius 1 is 1.38 bits per heavy atom. The number of rotatable bonds is 9. The topological polar surface area (TPSA) is 73.6 Å². The predicted octanol–water partition coefficient (Wildman–Crippen LogP) is 2.08. The van der Waals surface area contributed by atoms with E-state index in [-0.39, 0.29) is 0 Å². The Morgan fingerprint density at radius 2 is 2.10 bits per heavy atom. The van der Waals surface area contributed by atoms with Crippen LogP contribution in [0, 0.1) is 5.92 Å². The van der Waals surface area contributed by atoms with E-state index in [1.54, 1.807) is 7.11 Å². The minimum Gasteiger partial charge on any atom is -0.493 e. The van der Waals surface area contributed by atoms with Gasteiger partial charge in [-0.2, -0.15) is 0 Å². The summed E-state index contributed by atoms with van der Waals surface area (Å²) < 4.78 is 11.1. The second-order valence-corrected chi connectivity index (χ2v) is 5.39. The third-order valence-corrected chi connectivity index (χ3v) is 3.10. The molecule has 0 aromatic heterocycles. The van der Waals surface area contributed by atoms with Crippen molar-refractivity contribution in [3.8, 4) is 11.5 Å². The van der Waals surface area contributed by atoms with E-state index in [9.17, 15) is 4.79 Å². The molecule has 118 valence electrons. The molecule has 1 unspecified atom stereocenters. The molecule has 1 aromatic carbocycles. The third kappa shape index (κ3) is 5.27. The molecule has 5 heteroatoms. The van der Waals surface area contributed by atoms with E-state index in [0.717, 1.165) is 12.1 Å². The average Bonchev–Trinajstić information content (AvgIpc) is 2.44. The third-order valence-electron chi connectivity index (χ3n) is 3.10. The predicted molar refractivity (Wildman–Crippen MR) is 83.4 cm³/mol. The highest BCUT2D eigenvalue weighted by Crippen LogP contribution is 2.32. The van der Waals surface area contributed by atoms with E-state index in [0.29, 0.717) is 30.4 Å². The molecule has 1 atom stereocenters. The number of para-hydroxylation sites is 1. The molecule has 5 nitrogen and oxygen atoms in total. The molecule has 0 saturated carbocycles. The van der Waals surface area contributed by atoms with Crippen LogP contribution in [0.4, 0.5) is 0 Å². The SMILES string of the molecule is CCC(Oc1c(CNCC(C)C)cccc1OC)C(N)=O. The van der Waals surface area contributed by atoms with Crippen molar-refractivity contribution in [1.82, 2.24) is 5.32 Å². The van der Waals surface area contributed by atoms with Crippen molar-refractivity contribution < 1.29 is 14.3 Å². The summed E-state index contributed by atoms with van der Waals surface area (Å²) in [5.41, 5.74) is 6.31. The van der Waals surface area contributed by atoms with Gasteiger partial charge in [-0.15, -0.1) is 0 Å². The molecule has 0 aliphatic heterocycles. The van der Waals surface area contributed by atoms with E-state index >= 15 is 0 Å². The Kier molecular flexibility index (Phi) is 7.02. The van der Waals surface area contributed by atoms with E-state index in [1.165, 1.54) is 0 Å². The lowest BCUT2D eigenvalue weighted by Crippen LogP contribution is -2.33. The van der Waals surface area contributed by atoms with Crippen molar-refractivity contribution >= 4 is 5.91 Å². The maximum absolute atomic E-state index is 11.4. The Hall–Kier alpha value is -1.75. The number of methoxy groups -OCH3 is 1. The molecular weight excluding hydrogens is 268 g/mol. The lowest BCUT2D eigenvalue weighted by atomic mass is 10.1. The summed E-state index contributed by atoms with van der Waals surface area (Å²) in [4.78, 5) is 11.4. The standard InChI is InChI=1S/C16H26N2O3/c1-5-13(16(17)19)21-15-12(10-18-9-11(2)3)7-6-8-14(15)20-4/h6-8,11,13,18H,5,9-10H2,1-4H3,(H2,17,19). The van der Waals surface area contributed by atoms with Gasteiger partial charge < -0.3 is 20.5 Å². The van der Waals surface area contributed by atoms with E-state index in [2.05, 4.69) is 19.2 Å². The molecule has 0 spiro atoms. The van der Waals surface area contributed by atoms with E-state index in [4.69, 9.17) is 15.2 Å². The van der Waals surface area contributed by atoms with Crippen LogP contribution in [-0.4, -0.2) is 25.7 Å². The fraction of sp³-hybridized carbons (Fsp3) is 0.562. The number of nitrogens with one attached hydrogen (secondary N) is 1. The van der Waals surface area contributed by atoms with Gasteiger partial charge in [0, 0.05) is 12.1 Å². The lowest BCUT2D eigenvalue weighted by Gasteiger charge is -2.20. The minimum atomic E-state index is -0.648. The molecular formula is C16H26N2O3. The summed E-state index contributed by atoms with van der Waals surface area (Å²) >= 11 is 0. The molecule has 0 radical (unpaired) electrons. The molecule has 0 fully saturated rings. The van der Waals surface area contributed by atoms with Crippen LogP contribution >= 0.6 is 0 Å². The first kappa shape index (κ1) is 17.3. The molecule has 1 amide bonds. The first-order chi connectivity index (χ1) is 9.99. The van der Waals surface area contributed by atoms with Crippen LogP contribution in [0.15, 0.2) is 18.2 Å². The molecule has 0 bridgehead atoms. The highest BCUT2D eigenvalue weighted by molar-refractivity contribution is 5.79. The van der Waals surface area contributed by atoms with Crippen LogP contribution in [0.25, 0.3) is 0 Å². The van der Waals surface area contributed by atoms with Crippen LogP contribution in [-0.2, 0) is 11.3 Å². The zero-order valence-electron chi connectivity index (χ0n) is 13.3. The van der Waals surface area contributed by atoms with Gasteiger partial charge in [-0.25, -0.2) is 0 Å². The number of primary amides is 1. The van der Waals surface area contributed by atoms with Crippen LogP contribution in [0.5, 0.6) is 11.5 Å². The van der Waals surface area contributed by atoms with Gasteiger partial charge >= 0.3 is 0 Å². The maximum atomic E-state index is 11.4. The molecule has 21 heavy (non-hydrogen) atoms. The van der Waals surface area contributed by atoms with Gasteiger partial charge in [0.2, 0.25) is 0 Å². The largest absolute Gasteiger partial charge is 0.493 e.